The minimum atomic E-state index is -4.55. The lowest BCUT2D eigenvalue weighted by Gasteiger charge is -2.08. The van der Waals surface area contributed by atoms with Crippen molar-refractivity contribution in [1.29, 1.82) is 0 Å². The average molecular weight is 368 g/mol. The van der Waals surface area contributed by atoms with Crippen molar-refractivity contribution in [2.75, 3.05) is 6.54 Å². The Hall–Kier alpha value is -2.65. The Labute approximate surface area is 147 Å². The first kappa shape index (κ1) is 18.7. The van der Waals surface area contributed by atoms with Crippen molar-refractivity contribution in [3.05, 3.63) is 70.2 Å². The summed E-state index contributed by atoms with van der Waals surface area (Å²) in [4.78, 5) is 11.5. The zero-order valence-electron chi connectivity index (χ0n) is 12.9. The predicted octanol–water partition coefficient (Wildman–Crippen LogP) is 4.64. The third kappa shape index (κ3) is 6.05. The summed E-state index contributed by atoms with van der Waals surface area (Å²) in [5, 5.41) is 2.01. The molecule has 2 rings (SSSR count). The van der Waals surface area contributed by atoms with Crippen molar-refractivity contribution in [3.63, 3.8) is 0 Å². The quantitative estimate of drug-likeness (QED) is 0.803. The highest BCUT2D eigenvalue weighted by molar-refractivity contribution is 6.31. The molecule has 2 aromatic rings. The third-order valence-corrected chi connectivity index (χ3v) is 3.37. The number of carbonyl (C=O) groups excluding carboxylic acids is 1. The number of alkyl carbamates (subject to hydrolysis) is 1. The second kappa shape index (κ2) is 8.45. The summed E-state index contributed by atoms with van der Waals surface area (Å²) >= 11 is 5.53. The fourth-order valence-electron chi connectivity index (χ4n) is 1.86. The molecular weight excluding hydrogens is 355 g/mol. The number of rotatable bonds is 3. The van der Waals surface area contributed by atoms with Crippen molar-refractivity contribution in [2.45, 2.75) is 12.8 Å². The molecule has 3 nitrogen and oxygen atoms in total. The third-order valence-electron chi connectivity index (χ3n) is 3.04. The highest BCUT2D eigenvalue weighted by atomic mass is 35.5. The van der Waals surface area contributed by atoms with Gasteiger partial charge in [0.25, 0.3) is 0 Å². The highest BCUT2D eigenvalue weighted by Gasteiger charge is 2.33. The van der Waals surface area contributed by atoms with Crippen molar-refractivity contribution in [3.8, 4) is 11.8 Å². The summed E-state index contributed by atoms with van der Waals surface area (Å²) in [5.41, 5.74) is 0.0388. The molecule has 0 aliphatic carbocycles. The zero-order chi connectivity index (χ0) is 18.3. The van der Waals surface area contributed by atoms with Crippen LogP contribution in [0.1, 0.15) is 16.7 Å². The number of amides is 1. The van der Waals surface area contributed by atoms with Gasteiger partial charge in [0, 0.05) is 5.56 Å². The summed E-state index contributed by atoms with van der Waals surface area (Å²) < 4.78 is 43.2. The molecular formula is C18H13ClF3NO2. The van der Waals surface area contributed by atoms with Crippen LogP contribution in [-0.2, 0) is 17.5 Å². The van der Waals surface area contributed by atoms with Gasteiger partial charge in [0.2, 0.25) is 0 Å². The van der Waals surface area contributed by atoms with Crippen LogP contribution in [0.15, 0.2) is 48.5 Å². The maximum Gasteiger partial charge on any atom is 0.417 e. The Morgan fingerprint density at radius 3 is 2.56 bits per heavy atom. The zero-order valence-corrected chi connectivity index (χ0v) is 13.6. The van der Waals surface area contributed by atoms with E-state index in [9.17, 15) is 18.0 Å². The molecule has 0 saturated carbocycles. The van der Waals surface area contributed by atoms with E-state index < -0.39 is 17.8 Å². The largest absolute Gasteiger partial charge is 0.445 e. The van der Waals surface area contributed by atoms with Crippen molar-refractivity contribution in [1.82, 2.24) is 5.32 Å². The van der Waals surface area contributed by atoms with Crippen LogP contribution in [0.3, 0.4) is 0 Å². The molecule has 7 heteroatoms. The maximum atomic E-state index is 12.7. The molecule has 0 saturated heterocycles. The van der Waals surface area contributed by atoms with Gasteiger partial charge in [-0.3, -0.25) is 0 Å². The maximum absolute atomic E-state index is 12.7. The van der Waals surface area contributed by atoms with E-state index in [4.69, 9.17) is 16.3 Å². The van der Waals surface area contributed by atoms with Crippen molar-refractivity contribution in [2.24, 2.45) is 0 Å². The molecule has 0 heterocycles. The van der Waals surface area contributed by atoms with Crippen molar-refractivity contribution < 1.29 is 22.7 Å². The lowest BCUT2D eigenvalue weighted by molar-refractivity contribution is -0.137. The van der Waals surface area contributed by atoms with E-state index >= 15 is 0 Å². The van der Waals surface area contributed by atoms with Gasteiger partial charge in [-0.1, -0.05) is 53.8 Å². The SMILES string of the molecule is O=C(NCC#Cc1ccc(Cl)c(C(F)(F)F)c1)OCc1ccccc1. The van der Waals surface area contributed by atoms with Gasteiger partial charge in [0.15, 0.2) is 0 Å². The Kier molecular flexibility index (Phi) is 6.31. The van der Waals surface area contributed by atoms with Crippen LogP contribution in [-0.4, -0.2) is 12.6 Å². The molecule has 0 aliphatic rings. The molecule has 0 atom stereocenters. The van der Waals surface area contributed by atoms with E-state index in [2.05, 4.69) is 17.2 Å². The Balaban J connectivity index is 1.85. The summed E-state index contributed by atoms with van der Waals surface area (Å²) in [6.45, 7) is 0.0594. The summed E-state index contributed by atoms with van der Waals surface area (Å²) in [6.07, 6.45) is -5.21. The molecule has 2 aromatic carbocycles. The number of nitrogens with one attached hydrogen (secondary N) is 1. The second-order valence-corrected chi connectivity index (χ2v) is 5.32. The van der Waals surface area contributed by atoms with Gasteiger partial charge >= 0.3 is 12.3 Å². The Morgan fingerprint density at radius 2 is 1.88 bits per heavy atom. The Bertz CT molecular complexity index is 795. The molecule has 130 valence electrons. The van der Waals surface area contributed by atoms with E-state index in [1.807, 2.05) is 30.3 Å². The van der Waals surface area contributed by atoms with Gasteiger partial charge in [0.05, 0.1) is 17.1 Å². The smallest absolute Gasteiger partial charge is 0.417 e. The van der Waals surface area contributed by atoms with Gasteiger partial charge in [0.1, 0.15) is 6.61 Å². The number of alkyl halides is 3. The van der Waals surface area contributed by atoms with E-state index in [1.54, 1.807) is 0 Å². The molecule has 0 bridgehead atoms. The van der Waals surface area contributed by atoms with Crippen molar-refractivity contribution >= 4 is 17.7 Å². The molecule has 0 radical (unpaired) electrons. The highest BCUT2D eigenvalue weighted by Crippen LogP contribution is 2.34. The number of halogens is 4. The monoisotopic (exact) mass is 367 g/mol. The topological polar surface area (TPSA) is 38.3 Å². The van der Waals surface area contributed by atoms with Crippen LogP contribution in [0.4, 0.5) is 18.0 Å². The fraction of sp³-hybridized carbons (Fsp3) is 0.167. The van der Waals surface area contributed by atoms with Crippen LogP contribution in [0.2, 0.25) is 5.02 Å². The minimum absolute atomic E-state index is 0.0579. The standard InChI is InChI=1S/C18H13ClF3NO2/c19-16-9-8-13(11-15(16)18(20,21)22)7-4-10-23-17(24)25-12-14-5-2-1-3-6-14/h1-3,5-6,8-9,11H,10,12H2,(H,23,24). The van der Waals surface area contributed by atoms with Crippen LogP contribution >= 0.6 is 11.6 Å². The lowest BCUT2D eigenvalue weighted by atomic mass is 10.1. The minimum Gasteiger partial charge on any atom is -0.445 e. The van der Waals surface area contributed by atoms with E-state index in [0.29, 0.717) is 0 Å². The van der Waals surface area contributed by atoms with Gasteiger partial charge in [-0.05, 0) is 23.8 Å². The van der Waals surface area contributed by atoms with E-state index in [0.717, 1.165) is 17.7 Å². The number of hydrogen-bond donors (Lipinski definition) is 1. The van der Waals surface area contributed by atoms with E-state index in [1.165, 1.54) is 6.07 Å². The summed E-state index contributed by atoms with van der Waals surface area (Å²) in [6, 6.07) is 12.5. The first-order valence-electron chi connectivity index (χ1n) is 7.16. The van der Waals surface area contributed by atoms with Crippen LogP contribution in [0, 0.1) is 11.8 Å². The first-order chi connectivity index (χ1) is 11.9. The predicted molar refractivity (Wildman–Crippen MR) is 88.0 cm³/mol. The fourth-order valence-corrected chi connectivity index (χ4v) is 2.08. The molecule has 1 N–H and O–H groups in total. The van der Waals surface area contributed by atoms with Crippen LogP contribution in [0.5, 0.6) is 0 Å². The lowest BCUT2D eigenvalue weighted by Crippen LogP contribution is -2.24. The first-order valence-corrected chi connectivity index (χ1v) is 7.54. The second-order valence-electron chi connectivity index (χ2n) is 4.91. The molecule has 1 amide bonds. The molecule has 0 aromatic heterocycles. The molecule has 25 heavy (non-hydrogen) atoms. The molecule has 0 aliphatic heterocycles. The normalized spacial score (nSPS) is 10.6. The number of carbonyl (C=O) groups is 1. The van der Waals surface area contributed by atoms with Gasteiger partial charge in [-0.25, -0.2) is 4.79 Å². The average Bonchev–Trinajstić information content (AvgIpc) is 2.58. The van der Waals surface area contributed by atoms with Gasteiger partial charge in [-0.15, -0.1) is 0 Å². The summed E-state index contributed by atoms with van der Waals surface area (Å²) in [5.74, 6) is 5.09. The number of hydrogen-bond acceptors (Lipinski definition) is 2. The van der Waals surface area contributed by atoms with Crippen LogP contribution in [0.25, 0.3) is 0 Å². The van der Waals surface area contributed by atoms with Gasteiger partial charge < -0.3 is 10.1 Å². The van der Waals surface area contributed by atoms with Gasteiger partial charge in [-0.2, -0.15) is 13.2 Å². The number of benzene rings is 2. The Morgan fingerprint density at radius 1 is 1.16 bits per heavy atom. The summed E-state index contributed by atoms with van der Waals surface area (Å²) in [7, 11) is 0. The molecule has 0 fully saturated rings. The number of ether oxygens (including phenoxy) is 1. The molecule has 0 unspecified atom stereocenters. The molecule has 0 spiro atoms. The van der Waals surface area contributed by atoms with E-state index in [-0.39, 0.29) is 23.7 Å². The van der Waals surface area contributed by atoms with Crippen LogP contribution < -0.4 is 5.32 Å².